The van der Waals surface area contributed by atoms with Gasteiger partial charge in [0.1, 0.15) is 10.0 Å². The van der Waals surface area contributed by atoms with Crippen molar-refractivity contribution in [3.8, 4) is 5.75 Å². The summed E-state index contributed by atoms with van der Waals surface area (Å²) in [5.41, 5.74) is 0.581. The topological polar surface area (TPSA) is 26.3 Å². The Balaban J connectivity index is 2.46. The third-order valence-corrected chi connectivity index (χ3v) is 6.29. The van der Waals surface area contributed by atoms with E-state index in [1.54, 1.807) is 31.2 Å². The second-order valence-electron chi connectivity index (χ2n) is 4.81. The van der Waals surface area contributed by atoms with E-state index in [1.165, 1.54) is 0 Å². The monoisotopic (exact) mass is 444 g/mol. The predicted molar refractivity (Wildman–Crippen MR) is 101 cm³/mol. The highest BCUT2D eigenvalue weighted by Gasteiger charge is 2.39. The van der Waals surface area contributed by atoms with Crippen molar-refractivity contribution in [2.45, 2.75) is 18.2 Å². The molecule has 0 aromatic heterocycles. The van der Waals surface area contributed by atoms with E-state index in [-0.39, 0.29) is 37.3 Å². The highest BCUT2D eigenvalue weighted by atomic mass is 35.5. The maximum atomic E-state index is 12.7. The van der Waals surface area contributed by atoms with Gasteiger partial charge in [-0.3, -0.25) is 0 Å². The van der Waals surface area contributed by atoms with Crippen LogP contribution in [0.15, 0.2) is 30.3 Å². The van der Waals surface area contributed by atoms with Crippen LogP contribution in [0.1, 0.15) is 18.9 Å². The molecule has 2 nitrogen and oxygen atoms in total. The van der Waals surface area contributed by atoms with E-state index in [0.717, 1.165) is 0 Å². The van der Waals surface area contributed by atoms with Gasteiger partial charge in [-0.25, -0.2) is 4.79 Å². The van der Waals surface area contributed by atoms with E-state index >= 15 is 0 Å². The van der Waals surface area contributed by atoms with Crippen LogP contribution in [0.5, 0.6) is 5.75 Å². The fraction of sp³-hybridized carbons (Fsp3) is 0.188. The highest BCUT2D eigenvalue weighted by Crippen LogP contribution is 2.49. The molecule has 8 heteroatoms. The number of alkyl halides is 1. The minimum Gasteiger partial charge on any atom is -0.422 e. The summed E-state index contributed by atoms with van der Waals surface area (Å²) in [7, 11) is 0. The van der Waals surface area contributed by atoms with Crippen molar-refractivity contribution in [2.24, 2.45) is 0 Å². The molecular formula is C16H10Cl6O2. The van der Waals surface area contributed by atoms with E-state index in [1.807, 2.05) is 6.07 Å². The first-order valence-corrected chi connectivity index (χ1v) is 8.99. The molecule has 0 aliphatic heterocycles. The number of carbonyl (C=O) groups is 1. The molecule has 0 radical (unpaired) electrons. The molecule has 0 N–H and O–H groups in total. The van der Waals surface area contributed by atoms with Crippen LogP contribution >= 0.6 is 69.6 Å². The fourth-order valence-electron chi connectivity index (χ4n) is 2.02. The molecule has 0 bridgehead atoms. The Morgan fingerprint density at radius 1 is 0.917 bits per heavy atom. The largest absolute Gasteiger partial charge is 0.422 e. The molecule has 2 aromatic carbocycles. The zero-order valence-corrected chi connectivity index (χ0v) is 16.7. The summed E-state index contributed by atoms with van der Waals surface area (Å²) in [5.74, 6) is -0.937. The van der Waals surface area contributed by atoms with Crippen molar-refractivity contribution in [1.29, 1.82) is 0 Å². The van der Waals surface area contributed by atoms with Gasteiger partial charge in [-0.05, 0) is 12.0 Å². The first-order valence-electron chi connectivity index (χ1n) is 6.72. The molecule has 128 valence electrons. The van der Waals surface area contributed by atoms with Gasteiger partial charge in [-0.15, -0.1) is 11.6 Å². The molecule has 0 spiro atoms. The maximum Gasteiger partial charge on any atom is 0.337 e. The van der Waals surface area contributed by atoms with Crippen molar-refractivity contribution in [1.82, 2.24) is 0 Å². The number of esters is 1. The van der Waals surface area contributed by atoms with Crippen molar-refractivity contribution >= 4 is 75.6 Å². The van der Waals surface area contributed by atoms with Crippen LogP contribution in [-0.2, 0) is 9.67 Å². The van der Waals surface area contributed by atoms with Gasteiger partial charge in [-0.2, -0.15) is 0 Å². The van der Waals surface area contributed by atoms with Crippen molar-refractivity contribution < 1.29 is 9.53 Å². The summed E-state index contributed by atoms with van der Waals surface area (Å²) >= 11 is 36.5. The standard InChI is InChI=1S/C16H10Cl6O2/c1-2-16(22,8-6-4-3-5-7-8)15(23)24-14-12(20)10(18)9(17)11(19)13(14)21/h3-7H,2H2,1H3/t16-/m0/s1. The predicted octanol–water partition coefficient (Wildman–Crippen LogP) is 7.40. The molecule has 0 saturated carbocycles. The Labute approximate surface area is 169 Å². The smallest absolute Gasteiger partial charge is 0.337 e. The lowest BCUT2D eigenvalue weighted by molar-refractivity contribution is -0.137. The summed E-state index contributed by atoms with van der Waals surface area (Å²) in [6, 6.07) is 8.80. The van der Waals surface area contributed by atoms with E-state index in [4.69, 9.17) is 74.3 Å². The minimum absolute atomic E-state index is 0.0242. The maximum absolute atomic E-state index is 12.7. The van der Waals surface area contributed by atoms with E-state index in [9.17, 15) is 4.79 Å². The zero-order chi connectivity index (χ0) is 18.1. The number of halogens is 6. The first-order chi connectivity index (χ1) is 11.2. The average molecular weight is 447 g/mol. The van der Waals surface area contributed by atoms with E-state index in [0.29, 0.717) is 5.56 Å². The third-order valence-electron chi connectivity index (χ3n) is 3.41. The minimum atomic E-state index is -1.41. The Morgan fingerprint density at radius 2 is 1.38 bits per heavy atom. The Morgan fingerprint density at radius 3 is 1.83 bits per heavy atom. The lowest BCUT2D eigenvalue weighted by atomic mass is 9.95. The molecule has 0 unspecified atom stereocenters. The Bertz CT molecular complexity index is 749. The van der Waals surface area contributed by atoms with Gasteiger partial charge >= 0.3 is 5.97 Å². The van der Waals surface area contributed by atoms with Crippen LogP contribution in [0.25, 0.3) is 0 Å². The number of benzene rings is 2. The summed E-state index contributed by atoms with van der Waals surface area (Å²) in [6.07, 6.45) is 0.279. The number of rotatable bonds is 4. The van der Waals surface area contributed by atoms with Crippen LogP contribution in [0.3, 0.4) is 0 Å². The SMILES string of the molecule is CC[C@@](Cl)(C(=O)Oc1c(Cl)c(Cl)c(Cl)c(Cl)c1Cl)c1ccccc1. The number of hydrogen-bond acceptors (Lipinski definition) is 2. The third kappa shape index (κ3) is 3.60. The fourth-order valence-corrected chi connectivity index (χ4v) is 3.38. The summed E-state index contributed by atoms with van der Waals surface area (Å²) < 4.78 is 5.34. The van der Waals surface area contributed by atoms with Gasteiger partial charge < -0.3 is 4.74 Å². The molecule has 2 rings (SSSR count). The first kappa shape index (κ1) is 20.0. The lowest BCUT2D eigenvalue weighted by Crippen LogP contribution is -2.33. The normalized spacial score (nSPS) is 13.5. The van der Waals surface area contributed by atoms with Crippen LogP contribution in [0.4, 0.5) is 0 Å². The number of ether oxygens (including phenoxy) is 1. The molecule has 0 saturated heterocycles. The van der Waals surface area contributed by atoms with Crippen LogP contribution < -0.4 is 4.74 Å². The summed E-state index contributed by atoms with van der Waals surface area (Å²) in [4.78, 5) is 11.3. The lowest BCUT2D eigenvalue weighted by Gasteiger charge is -2.24. The molecule has 0 aliphatic carbocycles. The van der Waals surface area contributed by atoms with Gasteiger partial charge in [0.05, 0.1) is 15.1 Å². The van der Waals surface area contributed by atoms with Crippen LogP contribution in [0, 0.1) is 0 Å². The quantitative estimate of drug-likeness (QED) is 0.161. The number of hydrogen-bond donors (Lipinski definition) is 0. The van der Waals surface area contributed by atoms with Crippen molar-refractivity contribution in [3.63, 3.8) is 0 Å². The molecule has 1 atom stereocenters. The molecule has 2 aromatic rings. The molecule has 0 aliphatic rings. The zero-order valence-electron chi connectivity index (χ0n) is 12.2. The van der Waals surface area contributed by atoms with Gasteiger partial charge in [0.25, 0.3) is 0 Å². The Kier molecular flexibility index (Phi) is 6.58. The van der Waals surface area contributed by atoms with Crippen molar-refractivity contribution in [3.05, 3.63) is 61.0 Å². The second-order valence-corrected chi connectivity index (χ2v) is 7.34. The molecule has 0 amide bonds. The van der Waals surface area contributed by atoms with Crippen molar-refractivity contribution in [2.75, 3.05) is 0 Å². The van der Waals surface area contributed by atoms with Crippen LogP contribution in [0.2, 0.25) is 25.1 Å². The van der Waals surface area contributed by atoms with Gasteiger partial charge in [0.2, 0.25) is 0 Å². The summed E-state index contributed by atoms with van der Waals surface area (Å²) in [5, 5.41) is -0.386. The molecule has 24 heavy (non-hydrogen) atoms. The second kappa shape index (κ2) is 7.90. The molecule has 0 fully saturated rings. The van der Waals surface area contributed by atoms with Gasteiger partial charge in [0.15, 0.2) is 10.6 Å². The van der Waals surface area contributed by atoms with E-state index in [2.05, 4.69) is 0 Å². The van der Waals surface area contributed by atoms with Gasteiger partial charge in [-0.1, -0.05) is 95.3 Å². The molecule has 0 heterocycles. The number of carbonyl (C=O) groups excluding carboxylic acids is 1. The molecular weight excluding hydrogens is 437 g/mol. The Hall–Kier alpha value is -0.350. The van der Waals surface area contributed by atoms with Crippen LogP contribution in [-0.4, -0.2) is 5.97 Å². The van der Waals surface area contributed by atoms with Gasteiger partial charge in [0, 0.05) is 0 Å². The average Bonchev–Trinajstić information content (AvgIpc) is 2.61. The summed E-state index contributed by atoms with van der Waals surface area (Å²) in [6.45, 7) is 1.76. The van der Waals surface area contributed by atoms with E-state index < -0.39 is 10.8 Å². The highest BCUT2D eigenvalue weighted by molar-refractivity contribution is 6.55.